The number of hydrogen-bond acceptors (Lipinski definition) is 5. The number of rotatable bonds is 12. The number of amides is 1. The highest BCUT2D eigenvalue weighted by Gasteiger charge is 2.23. The average Bonchev–Trinajstić information content (AvgIpc) is 2.98. The summed E-state index contributed by atoms with van der Waals surface area (Å²) < 4.78 is 11.2. The maximum absolute atomic E-state index is 12.8. The lowest BCUT2D eigenvalue weighted by Gasteiger charge is -2.26. The Balaban J connectivity index is 1.61. The normalized spacial score (nSPS) is 14.2. The van der Waals surface area contributed by atoms with E-state index in [2.05, 4.69) is 41.3 Å². The molecule has 1 aliphatic rings. The van der Waals surface area contributed by atoms with Crippen LogP contribution in [0.1, 0.15) is 36.0 Å². The second-order valence-corrected chi connectivity index (χ2v) is 9.94. The number of carbonyl (C=O) groups excluding carboxylic acids is 2. The molecule has 1 heterocycles. The van der Waals surface area contributed by atoms with E-state index in [9.17, 15) is 9.59 Å². The number of hydrogen-bond donors (Lipinski definition) is 0. The summed E-state index contributed by atoms with van der Waals surface area (Å²) in [7, 11) is 4.06. The highest BCUT2D eigenvalue weighted by Crippen LogP contribution is 2.36. The third-order valence-electron chi connectivity index (χ3n) is 6.80. The van der Waals surface area contributed by atoms with Gasteiger partial charge in [-0.2, -0.15) is 0 Å². The summed E-state index contributed by atoms with van der Waals surface area (Å²) in [6.07, 6.45) is 1.46. The summed E-state index contributed by atoms with van der Waals surface area (Å²) in [5.41, 5.74) is 5.56. The molecule has 6 heteroatoms. The largest absolute Gasteiger partial charge is 0.492 e. The number of nitrogens with zero attached hydrogens (tertiary/aromatic N) is 2. The fraction of sp³-hybridized carbons (Fsp3) is 0.333. The average molecular weight is 527 g/mol. The minimum absolute atomic E-state index is 0.216. The van der Waals surface area contributed by atoms with E-state index in [1.54, 1.807) is 4.90 Å². The van der Waals surface area contributed by atoms with Crippen LogP contribution in [0.3, 0.4) is 0 Å². The van der Waals surface area contributed by atoms with Crippen LogP contribution >= 0.6 is 0 Å². The maximum atomic E-state index is 12.8. The molecule has 1 fully saturated rings. The molecular weight excluding hydrogens is 488 g/mol. The van der Waals surface area contributed by atoms with Gasteiger partial charge in [-0.25, -0.2) is 0 Å². The van der Waals surface area contributed by atoms with Crippen LogP contribution in [0.4, 0.5) is 0 Å². The van der Waals surface area contributed by atoms with Crippen LogP contribution in [0.2, 0.25) is 0 Å². The van der Waals surface area contributed by atoms with Gasteiger partial charge in [-0.15, -0.1) is 0 Å². The Morgan fingerprint density at radius 3 is 2.00 bits per heavy atom. The summed E-state index contributed by atoms with van der Waals surface area (Å²) in [5.74, 6) is 0.114. The van der Waals surface area contributed by atoms with Crippen molar-refractivity contribution in [3.8, 4) is 5.75 Å². The molecule has 4 rings (SSSR count). The van der Waals surface area contributed by atoms with Crippen molar-refractivity contribution < 1.29 is 19.1 Å². The van der Waals surface area contributed by atoms with E-state index >= 15 is 0 Å². The van der Waals surface area contributed by atoms with Gasteiger partial charge < -0.3 is 19.3 Å². The summed E-state index contributed by atoms with van der Waals surface area (Å²) in [6.45, 7) is 3.40. The zero-order valence-corrected chi connectivity index (χ0v) is 23.0. The molecule has 0 aromatic heterocycles. The second-order valence-electron chi connectivity index (χ2n) is 9.94. The van der Waals surface area contributed by atoms with Gasteiger partial charge in [0.2, 0.25) is 5.78 Å². The van der Waals surface area contributed by atoms with Crippen molar-refractivity contribution in [2.45, 2.75) is 19.3 Å². The first-order valence-electron chi connectivity index (χ1n) is 13.6. The molecule has 3 aromatic rings. The van der Waals surface area contributed by atoms with Crippen LogP contribution in [0.25, 0.3) is 11.1 Å². The van der Waals surface area contributed by atoms with Crippen LogP contribution in [0, 0.1) is 0 Å². The number of ether oxygens (including phenoxy) is 2. The zero-order valence-electron chi connectivity index (χ0n) is 23.0. The highest BCUT2D eigenvalue weighted by atomic mass is 16.5. The van der Waals surface area contributed by atoms with E-state index < -0.39 is 5.91 Å². The number of carbonyl (C=O) groups is 2. The standard InChI is InChI=1S/C33H38N2O4/c1-34(2)20-25-39-29-18-16-28(17-19-29)32(27-12-7-4-8-13-27)30(26-10-5-3-6-11-26)14-9-15-31(36)33(37)35-21-23-38-24-22-35/h3-8,10-13,16-19H,9,14-15,20-25H2,1-2H3/b32-30-. The van der Waals surface area contributed by atoms with E-state index in [0.29, 0.717) is 45.8 Å². The Morgan fingerprint density at radius 1 is 0.795 bits per heavy atom. The third-order valence-corrected chi connectivity index (χ3v) is 6.80. The first-order valence-corrected chi connectivity index (χ1v) is 13.6. The number of allylic oxidation sites excluding steroid dienone is 1. The van der Waals surface area contributed by atoms with Gasteiger partial charge in [0.25, 0.3) is 5.91 Å². The minimum atomic E-state index is -0.392. The van der Waals surface area contributed by atoms with Crippen LogP contribution in [0.15, 0.2) is 84.9 Å². The number of morpholine rings is 1. The molecule has 6 nitrogen and oxygen atoms in total. The van der Waals surface area contributed by atoms with Gasteiger partial charge in [0.15, 0.2) is 0 Å². The van der Waals surface area contributed by atoms with Gasteiger partial charge >= 0.3 is 0 Å². The van der Waals surface area contributed by atoms with E-state index in [0.717, 1.165) is 40.1 Å². The molecule has 0 N–H and O–H groups in total. The Labute approximate surface area is 231 Å². The fourth-order valence-corrected chi connectivity index (χ4v) is 4.71. The molecule has 0 aliphatic carbocycles. The SMILES string of the molecule is CN(C)CCOc1ccc(/C(=C(/CCCC(=O)C(=O)N2CCOCC2)c2ccccc2)c2ccccc2)cc1. The predicted molar refractivity (Wildman–Crippen MR) is 156 cm³/mol. The molecule has 0 saturated carbocycles. The minimum Gasteiger partial charge on any atom is -0.492 e. The molecular formula is C33H38N2O4. The van der Waals surface area contributed by atoms with Crippen LogP contribution < -0.4 is 4.74 Å². The van der Waals surface area contributed by atoms with Gasteiger partial charge in [-0.1, -0.05) is 72.8 Å². The predicted octanol–water partition coefficient (Wildman–Crippen LogP) is 5.18. The van der Waals surface area contributed by atoms with Crippen molar-refractivity contribution >= 4 is 22.8 Å². The summed E-state index contributed by atoms with van der Waals surface area (Å²) in [5, 5.41) is 0. The molecule has 3 aromatic carbocycles. The van der Waals surface area contributed by atoms with Gasteiger partial charge in [-0.3, -0.25) is 9.59 Å². The van der Waals surface area contributed by atoms with E-state index in [1.807, 2.05) is 62.6 Å². The highest BCUT2D eigenvalue weighted by molar-refractivity contribution is 6.36. The topological polar surface area (TPSA) is 59.1 Å². The second kappa shape index (κ2) is 14.4. The lowest BCUT2D eigenvalue weighted by Crippen LogP contribution is -2.44. The molecule has 204 valence electrons. The quantitative estimate of drug-likeness (QED) is 0.240. The Morgan fingerprint density at radius 2 is 1.38 bits per heavy atom. The van der Waals surface area contributed by atoms with Crippen LogP contribution in [0.5, 0.6) is 5.75 Å². The first-order chi connectivity index (χ1) is 19.0. The van der Waals surface area contributed by atoms with E-state index in [4.69, 9.17) is 9.47 Å². The molecule has 1 aliphatic heterocycles. The molecule has 0 radical (unpaired) electrons. The molecule has 0 bridgehead atoms. The number of ketones is 1. The molecule has 0 unspecified atom stereocenters. The Kier molecular flexibility index (Phi) is 10.5. The fourth-order valence-electron chi connectivity index (χ4n) is 4.71. The monoisotopic (exact) mass is 526 g/mol. The summed E-state index contributed by atoms with van der Waals surface area (Å²) in [4.78, 5) is 29.1. The molecule has 1 amide bonds. The third kappa shape index (κ3) is 8.12. The Hall–Kier alpha value is -3.74. The van der Waals surface area contributed by atoms with Crippen LogP contribution in [-0.4, -0.2) is 75.0 Å². The van der Waals surface area contributed by atoms with Crippen molar-refractivity contribution in [3.05, 3.63) is 102 Å². The number of benzene rings is 3. The lowest BCUT2D eigenvalue weighted by molar-refractivity contribution is -0.147. The maximum Gasteiger partial charge on any atom is 0.290 e. The zero-order chi connectivity index (χ0) is 27.5. The van der Waals surface area contributed by atoms with Crippen molar-refractivity contribution in [2.24, 2.45) is 0 Å². The molecule has 39 heavy (non-hydrogen) atoms. The number of Topliss-reactive ketones (excluding diaryl/α,β-unsaturated/α-hetero) is 1. The molecule has 1 saturated heterocycles. The van der Waals surface area contributed by atoms with Crippen molar-refractivity contribution in [3.63, 3.8) is 0 Å². The Bertz CT molecular complexity index is 1230. The summed E-state index contributed by atoms with van der Waals surface area (Å²) in [6, 6.07) is 28.9. The van der Waals surface area contributed by atoms with Gasteiger partial charge in [0, 0.05) is 26.1 Å². The van der Waals surface area contributed by atoms with Gasteiger partial charge in [0.05, 0.1) is 13.2 Å². The lowest BCUT2D eigenvalue weighted by atomic mass is 9.87. The molecule has 0 atom stereocenters. The van der Waals surface area contributed by atoms with E-state index in [1.165, 1.54) is 0 Å². The molecule has 0 spiro atoms. The van der Waals surface area contributed by atoms with Crippen molar-refractivity contribution in [2.75, 3.05) is 53.6 Å². The first kappa shape index (κ1) is 28.3. The van der Waals surface area contributed by atoms with Gasteiger partial charge in [-0.05, 0) is 66.9 Å². The number of likely N-dealkylation sites (N-methyl/N-ethyl adjacent to an activating group) is 1. The van der Waals surface area contributed by atoms with Crippen molar-refractivity contribution in [1.29, 1.82) is 0 Å². The van der Waals surface area contributed by atoms with Gasteiger partial charge in [0.1, 0.15) is 12.4 Å². The smallest absolute Gasteiger partial charge is 0.290 e. The van der Waals surface area contributed by atoms with Crippen molar-refractivity contribution in [1.82, 2.24) is 9.80 Å². The van der Waals surface area contributed by atoms with E-state index in [-0.39, 0.29) is 12.2 Å². The summed E-state index contributed by atoms with van der Waals surface area (Å²) >= 11 is 0. The van der Waals surface area contributed by atoms with Crippen LogP contribution in [-0.2, 0) is 14.3 Å².